The molecule has 3 rings (SSSR count). The summed E-state index contributed by atoms with van der Waals surface area (Å²) in [6, 6.07) is 6.49. The van der Waals surface area contributed by atoms with E-state index in [4.69, 9.17) is 9.72 Å². The molecule has 126 valence electrons. The molecule has 2 aromatic rings. The van der Waals surface area contributed by atoms with Crippen LogP contribution in [0.4, 0.5) is 11.6 Å². The van der Waals surface area contributed by atoms with E-state index in [9.17, 15) is 0 Å². The van der Waals surface area contributed by atoms with Crippen molar-refractivity contribution < 1.29 is 4.74 Å². The molecule has 23 heavy (non-hydrogen) atoms. The first kappa shape index (κ1) is 16.1. The van der Waals surface area contributed by atoms with E-state index < -0.39 is 0 Å². The van der Waals surface area contributed by atoms with Gasteiger partial charge in [0.05, 0.1) is 29.9 Å². The van der Waals surface area contributed by atoms with Crippen molar-refractivity contribution in [2.24, 2.45) is 7.05 Å². The SMILES string of the molecule is CCCN(CCC)c1cccc2nc(N3CCOCC3)n(C)c12. The lowest BCUT2D eigenvalue weighted by molar-refractivity contribution is 0.122. The number of hydrogen-bond acceptors (Lipinski definition) is 4. The van der Waals surface area contributed by atoms with Crippen LogP contribution < -0.4 is 9.80 Å². The summed E-state index contributed by atoms with van der Waals surface area (Å²) in [5, 5.41) is 0. The van der Waals surface area contributed by atoms with Gasteiger partial charge in [-0.2, -0.15) is 0 Å². The highest BCUT2D eigenvalue weighted by Gasteiger charge is 2.20. The summed E-state index contributed by atoms with van der Waals surface area (Å²) in [4.78, 5) is 9.73. The average Bonchev–Trinajstić information content (AvgIpc) is 2.93. The Morgan fingerprint density at radius 2 is 1.83 bits per heavy atom. The third kappa shape index (κ3) is 3.15. The van der Waals surface area contributed by atoms with Crippen LogP contribution in [0.5, 0.6) is 0 Å². The fraction of sp³-hybridized carbons (Fsp3) is 0.611. The molecule has 0 spiro atoms. The summed E-state index contributed by atoms with van der Waals surface area (Å²) in [6.45, 7) is 10.1. The highest BCUT2D eigenvalue weighted by molar-refractivity contribution is 5.91. The summed E-state index contributed by atoms with van der Waals surface area (Å²) in [6.07, 6.45) is 2.31. The fourth-order valence-electron chi connectivity index (χ4n) is 3.43. The predicted octanol–water partition coefficient (Wildman–Crippen LogP) is 3.04. The Morgan fingerprint density at radius 3 is 2.48 bits per heavy atom. The maximum Gasteiger partial charge on any atom is 0.206 e. The van der Waals surface area contributed by atoms with Gasteiger partial charge in [-0.15, -0.1) is 0 Å². The van der Waals surface area contributed by atoms with Gasteiger partial charge in [-0.1, -0.05) is 19.9 Å². The number of rotatable bonds is 6. The number of anilines is 2. The van der Waals surface area contributed by atoms with Crippen LogP contribution in [-0.2, 0) is 11.8 Å². The second kappa shape index (κ2) is 7.21. The van der Waals surface area contributed by atoms with Crippen molar-refractivity contribution in [3.05, 3.63) is 18.2 Å². The molecule has 5 heteroatoms. The van der Waals surface area contributed by atoms with Gasteiger partial charge in [0.1, 0.15) is 0 Å². The summed E-state index contributed by atoms with van der Waals surface area (Å²) < 4.78 is 7.73. The maximum absolute atomic E-state index is 5.47. The number of aryl methyl sites for hydroxylation is 1. The zero-order valence-corrected chi connectivity index (χ0v) is 14.6. The molecular weight excluding hydrogens is 288 g/mol. The number of nitrogens with zero attached hydrogens (tertiary/aromatic N) is 4. The minimum Gasteiger partial charge on any atom is -0.378 e. The molecule has 1 aliphatic rings. The molecule has 1 aromatic heterocycles. The molecule has 0 radical (unpaired) electrons. The first-order valence-corrected chi connectivity index (χ1v) is 8.79. The third-order valence-corrected chi connectivity index (χ3v) is 4.47. The molecule has 5 nitrogen and oxygen atoms in total. The van der Waals surface area contributed by atoms with E-state index >= 15 is 0 Å². The summed E-state index contributed by atoms with van der Waals surface area (Å²) in [5.41, 5.74) is 3.64. The molecule has 0 atom stereocenters. The average molecular weight is 316 g/mol. The number of para-hydroxylation sites is 1. The highest BCUT2D eigenvalue weighted by atomic mass is 16.5. The first-order chi connectivity index (χ1) is 11.3. The number of hydrogen-bond donors (Lipinski definition) is 0. The van der Waals surface area contributed by atoms with Gasteiger partial charge in [0.2, 0.25) is 5.95 Å². The number of fused-ring (bicyclic) bond motifs is 1. The van der Waals surface area contributed by atoms with E-state index in [0.29, 0.717) is 0 Å². The summed E-state index contributed by atoms with van der Waals surface area (Å²) >= 11 is 0. The quantitative estimate of drug-likeness (QED) is 0.820. The van der Waals surface area contributed by atoms with Crippen LogP contribution in [0.15, 0.2) is 18.2 Å². The van der Waals surface area contributed by atoms with Gasteiger partial charge in [-0.25, -0.2) is 4.98 Å². The molecule has 0 aliphatic carbocycles. The normalized spacial score (nSPS) is 15.3. The molecule has 2 heterocycles. The number of ether oxygens (including phenoxy) is 1. The van der Waals surface area contributed by atoms with Crippen LogP contribution >= 0.6 is 0 Å². The molecule has 0 bridgehead atoms. The predicted molar refractivity (Wildman–Crippen MR) is 96.5 cm³/mol. The van der Waals surface area contributed by atoms with E-state index in [0.717, 1.165) is 63.7 Å². The highest BCUT2D eigenvalue weighted by Crippen LogP contribution is 2.30. The molecule has 0 N–H and O–H groups in total. The monoisotopic (exact) mass is 316 g/mol. The van der Waals surface area contributed by atoms with Crippen molar-refractivity contribution in [3.63, 3.8) is 0 Å². The molecule has 0 saturated carbocycles. The van der Waals surface area contributed by atoms with Crippen LogP contribution in [0.1, 0.15) is 26.7 Å². The van der Waals surface area contributed by atoms with Crippen molar-refractivity contribution in [1.29, 1.82) is 0 Å². The second-order valence-electron chi connectivity index (χ2n) is 6.20. The Balaban J connectivity index is 2.03. The Labute approximate surface area is 138 Å². The summed E-state index contributed by atoms with van der Waals surface area (Å²) in [7, 11) is 2.14. The molecule has 1 fully saturated rings. The maximum atomic E-state index is 5.47. The Kier molecular flexibility index (Phi) is 5.06. The zero-order valence-electron chi connectivity index (χ0n) is 14.6. The number of morpholine rings is 1. The minimum atomic E-state index is 0.786. The van der Waals surface area contributed by atoms with Crippen LogP contribution in [0.2, 0.25) is 0 Å². The molecule has 0 unspecified atom stereocenters. The largest absolute Gasteiger partial charge is 0.378 e. The molecule has 1 aliphatic heterocycles. The molecule has 1 saturated heterocycles. The van der Waals surface area contributed by atoms with Gasteiger partial charge in [0, 0.05) is 33.2 Å². The molecule has 0 amide bonds. The number of aromatic nitrogens is 2. The summed E-state index contributed by atoms with van der Waals surface area (Å²) in [5.74, 6) is 1.06. The standard InChI is InChI=1S/C18H28N4O/c1-4-9-21(10-5-2)16-8-6-7-15-17(16)20(3)18(19-15)22-11-13-23-14-12-22/h6-8H,4-5,9-14H2,1-3H3. The van der Waals surface area contributed by atoms with E-state index in [2.05, 4.69) is 53.5 Å². The lowest BCUT2D eigenvalue weighted by atomic mass is 10.2. The van der Waals surface area contributed by atoms with Gasteiger partial charge in [-0.05, 0) is 25.0 Å². The van der Waals surface area contributed by atoms with E-state index in [1.807, 2.05) is 0 Å². The lowest BCUT2D eigenvalue weighted by Crippen LogP contribution is -2.37. The van der Waals surface area contributed by atoms with Gasteiger partial charge in [0.25, 0.3) is 0 Å². The van der Waals surface area contributed by atoms with Gasteiger partial charge >= 0.3 is 0 Å². The van der Waals surface area contributed by atoms with E-state index in [1.54, 1.807) is 0 Å². The van der Waals surface area contributed by atoms with Crippen LogP contribution in [-0.4, -0.2) is 48.9 Å². The van der Waals surface area contributed by atoms with E-state index in [1.165, 1.54) is 11.2 Å². The van der Waals surface area contributed by atoms with Crippen LogP contribution in [0.3, 0.4) is 0 Å². The topological polar surface area (TPSA) is 33.5 Å². The third-order valence-electron chi connectivity index (χ3n) is 4.47. The van der Waals surface area contributed by atoms with Gasteiger partial charge < -0.3 is 19.1 Å². The Bertz CT molecular complexity index is 640. The van der Waals surface area contributed by atoms with Crippen molar-refractivity contribution in [3.8, 4) is 0 Å². The van der Waals surface area contributed by atoms with E-state index in [-0.39, 0.29) is 0 Å². The minimum absolute atomic E-state index is 0.786. The van der Waals surface area contributed by atoms with Crippen molar-refractivity contribution in [1.82, 2.24) is 9.55 Å². The van der Waals surface area contributed by atoms with Crippen molar-refractivity contribution in [2.75, 3.05) is 49.2 Å². The van der Waals surface area contributed by atoms with Gasteiger partial charge in [0.15, 0.2) is 0 Å². The molecule has 1 aromatic carbocycles. The zero-order chi connectivity index (χ0) is 16.2. The van der Waals surface area contributed by atoms with Crippen molar-refractivity contribution in [2.45, 2.75) is 26.7 Å². The van der Waals surface area contributed by atoms with Crippen molar-refractivity contribution >= 4 is 22.7 Å². The van der Waals surface area contributed by atoms with Crippen LogP contribution in [0, 0.1) is 0 Å². The number of benzene rings is 1. The fourth-order valence-corrected chi connectivity index (χ4v) is 3.43. The lowest BCUT2D eigenvalue weighted by Gasteiger charge is -2.28. The first-order valence-electron chi connectivity index (χ1n) is 8.79. The molecular formula is C18H28N4O. The Hall–Kier alpha value is -1.75. The Morgan fingerprint density at radius 1 is 1.13 bits per heavy atom. The van der Waals surface area contributed by atoms with Crippen LogP contribution in [0.25, 0.3) is 11.0 Å². The number of imidazole rings is 1. The van der Waals surface area contributed by atoms with Gasteiger partial charge in [-0.3, -0.25) is 0 Å². The smallest absolute Gasteiger partial charge is 0.206 e. The second-order valence-corrected chi connectivity index (χ2v) is 6.20.